The lowest BCUT2D eigenvalue weighted by Crippen LogP contribution is -2.50. The van der Waals surface area contributed by atoms with Crippen LogP contribution in [0.1, 0.15) is 17.3 Å². The summed E-state index contributed by atoms with van der Waals surface area (Å²) in [5, 5.41) is 11.8. The van der Waals surface area contributed by atoms with Gasteiger partial charge in [0.1, 0.15) is 7.85 Å². The zero-order chi connectivity index (χ0) is 13.3. The minimum Gasteiger partial charge on any atom is -0.428 e. The molecule has 1 aliphatic rings. The first-order valence-corrected chi connectivity index (χ1v) is 5.38. The summed E-state index contributed by atoms with van der Waals surface area (Å²) in [5.74, 6) is 0.349. The fourth-order valence-electron chi connectivity index (χ4n) is 1.67. The van der Waals surface area contributed by atoms with Crippen molar-refractivity contribution < 1.29 is 19.4 Å². The fraction of sp³-hybridized carbons (Fsp3) is 0.364. The highest BCUT2D eigenvalue weighted by molar-refractivity contribution is 6.32. The fourth-order valence-corrected chi connectivity index (χ4v) is 1.67. The normalized spacial score (nSPS) is 20.4. The van der Waals surface area contributed by atoms with Crippen molar-refractivity contribution in [1.82, 2.24) is 5.32 Å². The Morgan fingerprint density at radius 3 is 2.83 bits per heavy atom. The highest BCUT2D eigenvalue weighted by atomic mass is 16.8. The van der Waals surface area contributed by atoms with E-state index in [-0.39, 0.29) is 12.2 Å². The molecule has 0 aromatic heterocycles. The van der Waals surface area contributed by atoms with Gasteiger partial charge in [0, 0.05) is 11.0 Å². The Morgan fingerprint density at radius 1 is 1.50 bits per heavy atom. The maximum atomic E-state index is 12.1. The highest BCUT2D eigenvalue weighted by Gasteiger charge is 2.29. The van der Waals surface area contributed by atoms with Gasteiger partial charge in [-0.25, -0.2) is 0 Å². The van der Waals surface area contributed by atoms with Crippen molar-refractivity contribution in [3.8, 4) is 11.5 Å². The van der Waals surface area contributed by atoms with Crippen LogP contribution in [-0.2, 0) is 0 Å². The Hall–Kier alpha value is -1.46. The predicted molar refractivity (Wildman–Crippen MR) is 66.0 cm³/mol. The van der Waals surface area contributed by atoms with E-state index < -0.39 is 11.9 Å². The minimum absolute atomic E-state index is 0.0853. The molecule has 1 aliphatic heterocycles. The number of carbonyl (C=O) groups is 1. The molecule has 0 bridgehead atoms. The van der Waals surface area contributed by atoms with Gasteiger partial charge in [0.05, 0.1) is 7.85 Å². The monoisotopic (exact) mass is 243 g/mol. The quantitative estimate of drug-likeness (QED) is 0.552. The van der Waals surface area contributed by atoms with E-state index in [2.05, 4.69) is 5.32 Å². The Bertz CT molecular complexity index is 478. The molecule has 2 atom stereocenters. The molecule has 0 saturated carbocycles. The van der Waals surface area contributed by atoms with Crippen molar-refractivity contribution in [3.63, 3.8) is 0 Å². The summed E-state index contributed by atoms with van der Waals surface area (Å²) >= 11 is 0. The molecule has 0 spiro atoms. The van der Waals surface area contributed by atoms with Crippen LogP contribution in [-0.4, -0.2) is 44.9 Å². The van der Waals surface area contributed by atoms with E-state index in [4.69, 9.17) is 30.3 Å². The molecular weight excluding hydrogens is 232 g/mol. The zero-order valence-electron chi connectivity index (χ0n) is 9.84. The van der Waals surface area contributed by atoms with Crippen LogP contribution in [0.15, 0.2) is 18.2 Å². The van der Waals surface area contributed by atoms with Crippen LogP contribution in [0.5, 0.6) is 11.5 Å². The summed E-state index contributed by atoms with van der Waals surface area (Å²) in [6.45, 7) is 0.193. The molecule has 90 valence electrons. The largest absolute Gasteiger partial charge is 0.428 e. The Morgan fingerprint density at radius 2 is 2.17 bits per heavy atom. The Labute approximate surface area is 107 Å². The summed E-state index contributed by atoms with van der Waals surface area (Å²) in [6.07, 6.45) is 0.0853. The van der Waals surface area contributed by atoms with Crippen LogP contribution in [0.25, 0.3) is 0 Å². The molecule has 2 N–H and O–H groups in total. The molecule has 1 heterocycles. The first kappa shape index (κ1) is 13.0. The standard InChI is InChI=1S/C11H11B2NO4/c1-11(13,14-5-12)9(15)6-2-3-7-8(4-6)18-10(16)17-7/h2-4,10,14,16H,5H2,1H3/t10?,11-/m0/s1. The van der Waals surface area contributed by atoms with E-state index in [1.54, 1.807) is 6.07 Å². The summed E-state index contributed by atoms with van der Waals surface area (Å²) in [6, 6.07) is 4.56. The van der Waals surface area contributed by atoms with Crippen LogP contribution in [0.2, 0.25) is 0 Å². The van der Waals surface area contributed by atoms with Crippen LogP contribution in [0.3, 0.4) is 0 Å². The lowest BCUT2D eigenvalue weighted by atomic mass is 9.73. The smallest absolute Gasteiger partial charge is 0.358 e. The third kappa shape index (κ3) is 2.37. The number of aliphatic hydroxyl groups excluding tert-OH is 1. The number of hydrogen-bond acceptors (Lipinski definition) is 5. The van der Waals surface area contributed by atoms with Gasteiger partial charge in [-0.15, -0.1) is 0 Å². The molecule has 2 rings (SSSR count). The number of Topliss-reactive ketones (excluding diaryl/α,β-unsaturated/α-hetero) is 1. The average Bonchev–Trinajstić information content (AvgIpc) is 2.66. The number of aliphatic hydroxyl groups is 1. The number of hydrogen-bond donors (Lipinski definition) is 2. The average molecular weight is 243 g/mol. The first-order valence-electron chi connectivity index (χ1n) is 5.38. The van der Waals surface area contributed by atoms with Crippen molar-refractivity contribution in [2.45, 2.75) is 18.8 Å². The van der Waals surface area contributed by atoms with E-state index in [0.717, 1.165) is 0 Å². The number of fused-ring (bicyclic) bond motifs is 1. The van der Waals surface area contributed by atoms with E-state index in [0.29, 0.717) is 17.1 Å². The van der Waals surface area contributed by atoms with Crippen molar-refractivity contribution >= 4 is 21.5 Å². The second kappa shape index (κ2) is 4.66. The predicted octanol–water partition coefficient (Wildman–Crippen LogP) is -0.483. The van der Waals surface area contributed by atoms with Crippen molar-refractivity contribution in [2.75, 3.05) is 6.44 Å². The van der Waals surface area contributed by atoms with Crippen molar-refractivity contribution in [2.24, 2.45) is 0 Å². The lowest BCUT2D eigenvalue weighted by Gasteiger charge is -2.25. The van der Waals surface area contributed by atoms with E-state index in [9.17, 15) is 4.79 Å². The number of benzene rings is 1. The van der Waals surface area contributed by atoms with Crippen LogP contribution in [0.4, 0.5) is 0 Å². The molecule has 4 radical (unpaired) electrons. The van der Waals surface area contributed by atoms with Gasteiger partial charge < -0.3 is 19.9 Å². The third-order valence-electron chi connectivity index (χ3n) is 2.60. The van der Waals surface area contributed by atoms with E-state index >= 15 is 0 Å². The zero-order valence-corrected chi connectivity index (χ0v) is 9.84. The summed E-state index contributed by atoms with van der Waals surface area (Å²) < 4.78 is 9.90. The number of carbonyl (C=O) groups excluding carboxylic acids is 1. The lowest BCUT2D eigenvalue weighted by molar-refractivity contribution is -0.133. The van der Waals surface area contributed by atoms with E-state index in [1.807, 2.05) is 0 Å². The molecule has 0 amide bonds. The van der Waals surface area contributed by atoms with Gasteiger partial charge in [-0.05, 0) is 31.6 Å². The maximum Gasteiger partial charge on any atom is 0.358 e. The molecular formula is C11H11B2NO4. The maximum absolute atomic E-state index is 12.1. The summed E-state index contributed by atoms with van der Waals surface area (Å²) in [5.41, 5.74) is -0.918. The van der Waals surface area contributed by atoms with Gasteiger partial charge in [0.15, 0.2) is 17.3 Å². The number of rotatable bonds is 4. The van der Waals surface area contributed by atoms with Crippen molar-refractivity contribution in [3.05, 3.63) is 23.8 Å². The molecule has 7 heteroatoms. The minimum atomic E-state index is -1.34. The Balaban J connectivity index is 2.25. The number of ketones is 1. The summed E-state index contributed by atoms with van der Waals surface area (Å²) in [7, 11) is 11.1. The van der Waals surface area contributed by atoms with Crippen LogP contribution >= 0.6 is 0 Å². The van der Waals surface area contributed by atoms with Gasteiger partial charge in [-0.1, -0.05) is 0 Å². The van der Waals surface area contributed by atoms with Gasteiger partial charge in [-0.2, -0.15) is 0 Å². The molecule has 1 aromatic rings. The molecule has 1 unspecified atom stereocenters. The molecule has 5 nitrogen and oxygen atoms in total. The second-order valence-corrected chi connectivity index (χ2v) is 4.12. The third-order valence-corrected chi connectivity index (χ3v) is 2.60. The van der Waals surface area contributed by atoms with Gasteiger partial charge >= 0.3 is 6.48 Å². The molecule has 0 saturated heterocycles. The van der Waals surface area contributed by atoms with Gasteiger partial charge in [-0.3, -0.25) is 4.79 Å². The van der Waals surface area contributed by atoms with Crippen molar-refractivity contribution in [1.29, 1.82) is 0 Å². The van der Waals surface area contributed by atoms with Gasteiger partial charge in [0.25, 0.3) is 0 Å². The van der Waals surface area contributed by atoms with Crippen LogP contribution in [0, 0.1) is 0 Å². The number of ether oxygens (including phenoxy) is 2. The number of nitrogens with one attached hydrogen (secondary N) is 1. The topological polar surface area (TPSA) is 67.8 Å². The molecule has 0 aliphatic carbocycles. The second-order valence-electron chi connectivity index (χ2n) is 4.12. The Kier molecular flexibility index (Phi) is 3.36. The summed E-state index contributed by atoms with van der Waals surface area (Å²) in [4.78, 5) is 12.1. The SMILES string of the molecule is [B]CN[C@@]([B])(C)C(=O)c1ccc2c(c1)OC(O)O2. The highest BCUT2D eigenvalue weighted by Crippen LogP contribution is 2.35. The molecule has 1 aromatic carbocycles. The van der Waals surface area contributed by atoms with E-state index in [1.165, 1.54) is 19.1 Å². The molecule has 0 fully saturated rings. The van der Waals surface area contributed by atoms with Gasteiger partial charge in [0.2, 0.25) is 0 Å². The van der Waals surface area contributed by atoms with Crippen LogP contribution < -0.4 is 14.8 Å². The molecule has 18 heavy (non-hydrogen) atoms. The first-order chi connectivity index (χ1) is 8.44.